The van der Waals surface area contributed by atoms with Crippen LogP contribution in [0.25, 0.3) is 11.5 Å². The Balaban J connectivity index is 0.000000820. The fourth-order valence-electron chi connectivity index (χ4n) is 4.21. The van der Waals surface area contributed by atoms with E-state index in [1.165, 1.54) is 12.8 Å². The molecule has 0 saturated carbocycles. The van der Waals surface area contributed by atoms with Crippen LogP contribution < -0.4 is 10.1 Å². The van der Waals surface area contributed by atoms with Gasteiger partial charge in [-0.3, -0.25) is 19.4 Å². The van der Waals surface area contributed by atoms with Gasteiger partial charge in [0.25, 0.3) is 0 Å². The first-order chi connectivity index (χ1) is 23.4. The van der Waals surface area contributed by atoms with Crippen molar-refractivity contribution < 1.29 is 28.6 Å². The summed E-state index contributed by atoms with van der Waals surface area (Å²) in [5, 5.41) is 2.52. The van der Waals surface area contributed by atoms with Crippen LogP contribution in [0.3, 0.4) is 0 Å². The van der Waals surface area contributed by atoms with Crippen LogP contribution in [0.2, 0.25) is 0 Å². The highest BCUT2D eigenvalue weighted by Crippen LogP contribution is 2.36. The van der Waals surface area contributed by atoms with Crippen molar-refractivity contribution in [3.8, 4) is 5.75 Å². The van der Waals surface area contributed by atoms with Crippen molar-refractivity contribution in [2.24, 2.45) is 11.8 Å². The Hall–Kier alpha value is -4.40. The number of Topliss-reactive ketones (excluding diaryl/α,β-unsaturated/α-hetero) is 1. The second-order valence-electron chi connectivity index (χ2n) is 11.9. The van der Waals surface area contributed by atoms with Crippen molar-refractivity contribution in [2.75, 3.05) is 27.8 Å². The fourth-order valence-corrected chi connectivity index (χ4v) is 4.21. The van der Waals surface area contributed by atoms with Gasteiger partial charge in [0.05, 0.1) is 26.5 Å². The van der Waals surface area contributed by atoms with Crippen molar-refractivity contribution in [2.45, 2.75) is 94.0 Å². The zero-order valence-corrected chi connectivity index (χ0v) is 31.9. The average molecular weight is 680 g/mol. The predicted molar refractivity (Wildman–Crippen MR) is 201 cm³/mol. The molecule has 9 nitrogen and oxygen atoms in total. The topological polar surface area (TPSA) is 107 Å². The molecule has 2 amide bonds. The van der Waals surface area contributed by atoms with Gasteiger partial charge in [0.1, 0.15) is 23.0 Å². The number of ether oxygens (including phenoxy) is 3. The normalized spacial score (nSPS) is 12.4. The number of aromatic nitrogens is 1. The molecule has 1 aromatic carbocycles. The summed E-state index contributed by atoms with van der Waals surface area (Å²) < 4.78 is 16.6. The van der Waals surface area contributed by atoms with E-state index < -0.39 is 0 Å². The number of rotatable bonds is 15. The zero-order chi connectivity index (χ0) is 37.4. The summed E-state index contributed by atoms with van der Waals surface area (Å²) in [5.74, 6) is 3.30. The number of allylic oxidation sites excluding steroid dienone is 2. The van der Waals surface area contributed by atoms with E-state index in [4.69, 9.17) is 14.2 Å². The Morgan fingerprint density at radius 2 is 1.76 bits per heavy atom. The molecule has 1 aliphatic rings. The molecular weight excluding hydrogens is 618 g/mol. The number of unbranched alkanes of at least 4 members (excludes halogenated alkanes) is 1. The number of carbonyl (C=O) groups excluding carboxylic acids is 3. The maximum atomic E-state index is 12.1. The third-order valence-corrected chi connectivity index (χ3v) is 7.91. The van der Waals surface area contributed by atoms with Crippen LogP contribution in [0.15, 0.2) is 61.0 Å². The summed E-state index contributed by atoms with van der Waals surface area (Å²) in [6.07, 6.45) is 10.7. The van der Waals surface area contributed by atoms with E-state index in [1.807, 2.05) is 38.1 Å². The molecule has 2 atom stereocenters. The van der Waals surface area contributed by atoms with Gasteiger partial charge in [0.2, 0.25) is 12.3 Å². The number of amides is 2. The molecule has 2 unspecified atom stereocenters. The highest BCUT2D eigenvalue weighted by Gasteiger charge is 2.27. The van der Waals surface area contributed by atoms with Crippen LogP contribution in [0.5, 0.6) is 5.75 Å². The van der Waals surface area contributed by atoms with Gasteiger partial charge in [-0.2, -0.15) is 0 Å². The van der Waals surface area contributed by atoms with Crippen molar-refractivity contribution in [1.29, 1.82) is 0 Å². The summed E-state index contributed by atoms with van der Waals surface area (Å²) in [4.78, 5) is 38.2. The number of carbonyl (C=O) groups is 3. The first kappa shape index (κ1) is 44.6. The zero-order valence-electron chi connectivity index (χ0n) is 31.9. The molecule has 0 bridgehead atoms. The van der Waals surface area contributed by atoms with Crippen LogP contribution >= 0.6 is 0 Å². The largest absolute Gasteiger partial charge is 0.495 e. The molecule has 0 aliphatic heterocycles. The molecule has 2 aromatic rings. The Morgan fingerprint density at radius 3 is 2.24 bits per heavy atom. The van der Waals surface area contributed by atoms with Crippen LogP contribution in [0.1, 0.15) is 103 Å². The van der Waals surface area contributed by atoms with Gasteiger partial charge in [-0.1, -0.05) is 85.6 Å². The average Bonchev–Trinajstić information content (AvgIpc) is 3.49. The molecule has 0 fully saturated rings. The highest BCUT2D eigenvalue weighted by molar-refractivity contribution is 6.02. The lowest BCUT2D eigenvalue weighted by Crippen LogP contribution is -2.19. The fraction of sp³-hybridized carbons (Fsp3) is 0.500. The number of hydrogen-bond donors (Lipinski definition) is 1. The molecular formula is C40H61N3O6. The van der Waals surface area contributed by atoms with Gasteiger partial charge < -0.3 is 24.4 Å². The van der Waals surface area contributed by atoms with E-state index in [2.05, 4.69) is 51.5 Å². The lowest BCUT2D eigenvalue weighted by molar-refractivity contribution is -0.128. The summed E-state index contributed by atoms with van der Waals surface area (Å²) in [5.41, 5.74) is 4.50. The number of pyridine rings is 1. The van der Waals surface area contributed by atoms with Gasteiger partial charge >= 0.3 is 0 Å². The molecule has 272 valence electrons. The lowest BCUT2D eigenvalue weighted by atomic mass is 9.94. The van der Waals surface area contributed by atoms with Gasteiger partial charge in [-0.25, -0.2) is 0 Å². The minimum absolute atomic E-state index is 0.0675. The maximum absolute atomic E-state index is 12.1. The summed E-state index contributed by atoms with van der Waals surface area (Å²) in [7, 11) is 5.08. The summed E-state index contributed by atoms with van der Waals surface area (Å²) in [6.45, 7) is 21.3. The second kappa shape index (κ2) is 25.6. The van der Waals surface area contributed by atoms with E-state index in [-0.39, 0.29) is 11.7 Å². The van der Waals surface area contributed by atoms with Gasteiger partial charge in [-0.05, 0) is 49.4 Å². The third kappa shape index (κ3) is 16.5. The SMILES string of the molecule is C=C(O/C=C\C)c1ccc2c(c1)CC(C(C)=O)=C2OCC(C)C(C)CC.CCC(=O)N(C)C.CCCC.COc1cccnc1CNC=O. The predicted octanol–water partition coefficient (Wildman–Crippen LogP) is 8.39. The molecule has 1 aromatic heterocycles. The van der Waals surface area contributed by atoms with E-state index in [9.17, 15) is 14.4 Å². The third-order valence-electron chi connectivity index (χ3n) is 7.91. The first-order valence-corrected chi connectivity index (χ1v) is 17.2. The minimum atomic E-state index is 0.0675. The van der Waals surface area contributed by atoms with Gasteiger partial charge in [-0.15, -0.1) is 0 Å². The number of benzene rings is 1. The number of methoxy groups -OCH3 is 1. The molecule has 1 N–H and O–H groups in total. The quantitative estimate of drug-likeness (QED) is 0.149. The molecule has 0 radical (unpaired) electrons. The summed E-state index contributed by atoms with van der Waals surface area (Å²) >= 11 is 0. The number of fused-ring (bicyclic) bond motifs is 1. The van der Waals surface area contributed by atoms with E-state index >= 15 is 0 Å². The molecule has 3 rings (SSSR count). The first-order valence-electron chi connectivity index (χ1n) is 17.2. The van der Waals surface area contributed by atoms with Crippen molar-refractivity contribution in [3.63, 3.8) is 0 Å². The molecule has 0 saturated heterocycles. The Morgan fingerprint density at radius 1 is 1.08 bits per heavy atom. The van der Waals surface area contributed by atoms with Crippen molar-refractivity contribution in [3.05, 3.63) is 83.4 Å². The monoisotopic (exact) mass is 679 g/mol. The van der Waals surface area contributed by atoms with E-state index in [0.29, 0.717) is 55.7 Å². The van der Waals surface area contributed by atoms with Gasteiger partial charge in [0.15, 0.2) is 5.78 Å². The molecule has 1 aliphatic carbocycles. The van der Waals surface area contributed by atoms with Crippen LogP contribution in [-0.4, -0.2) is 55.8 Å². The highest BCUT2D eigenvalue weighted by atomic mass is 16.5. The van der Waals surface area contributed by atoms with Crippen molar-refractivity contribution in [1.82, 2.24) is 15.2 Å². The Kier molecular flexibility index (Phi) is 23.3. The number of nitrogens with zero attached hydrogens (tertiary/aromatic N) is 2. The number of ketones is 1. The molecule has 9 heteroatoms. The Labute approximate surface area is 295 Å². The summed E-state index contributed by atoms with van der Waals surface area (Å²) in [6, 6.07) is 9.60. The van der Waals surface area contributed by atoms with E-state index in [1.54, 1.807) is 57.6 Å². The standard InChI is InChI=1S/C23H30O3.C8H10N2O2.C5H11NO.C4H10/c1-7-11-25-18(6)19-9-10-21-20(12-19)13-22(17(5)24)23(21)26-14-16(4)15(3)8-2;1-12-8-3-2-4-10-7(8)5-9-6-11;1-4-5(7)6(2)3;1-3-4-2/h7,9-12,15-16H,6,8,13-14H2,1-5H3;2-4,6H,5H2,1H3,(H,9,11);4H2,1-3H3;3-4H2,1-2H3/b11-7-;;;. The molecule has 49 heavy (non-hydrogen) atoms. The number of nitrogens with one attached hydrogen (secondary N) is 1. The second-order valence-corrected chi connectivity index (χ2v) is 11.9. The van der Waals surface area contributed by atoms with Crippen LogP contribution in [0, 0.1) is 11.8 Å². The van der Waals surface area contributed by atoms with Crippen LogP contribution in [-0.2, 0) is 36.8 Å². The van der Waals surface area contributed by atoms with E-state index in [0.717, 1.165) is 40.1 Å². The number of hydrogen-bond acceptors (Lipinski definition) is 7. The van der Waals surface area contributed by atoms with Crippen molar-refractivity contribution >= 4 is 29.6 Å². The van der Waals surface area contributed by atoms with Gasteiger partial charge in [0, 0.05) is 49.8 Å². The molecule has 1 heterocycles. The molecule has 0 spiro atoms. The smallest absolute Gasteiger partial charge is 0.221 e. The lowest BCUT2D eigenvalue weighted by Gasteiger charge is -2.20. The Bertz CT molecular complexity index is 1360. The maximum Gasteiger partial charge on any atom is 0.221 e. The minimum Gasteiger partial charge on any atom is -0.495 e. The van der Waals surface area contributed by atoms with Crippen LogP contribution in [0.4, 0.5) is 0 Å².